The van der Waals surface area contributed by atoms with E-state index >= 15 is 0 Å². The van der Waals surface area contributed by atoms with Crippen molar-refractivity contribution in [1.29, 1.82) is 0 Å². The summed E-state index contributed by atoms with van der Waals surface area (Å²) in [5.41, 5.74) is 0.657. The van der Waals surface area contributed by atoms with Crippen molar-refractivity contribution in [2.45, 2.75) is 32.2 Å². The Kier molecular flexibility index (Phi) is 4.55. The van der Waals surface area contributed by atoms with Crippen molar-refractivity contribution >= 4 is 11.9 Å². The number of carbonyl (C=O) groups excluding carboxylic acids is 1. The number of amides is 1. The lowest BCUT2D eigenvalue weighted by atomic mass is 10.1. The molecular weight excluding hydrogens is 280 g/mol. The van der Waals surface area contributed by atoms with Gasteiger partial charge >= 0.3 is 5.97 Å². The number of carbonyl (C=O) groups is 2. The van der Waals surface area contributed by atoms with E-state index in [9.17, 15) is 18.4 Å². The highest BCUT2D eigenvalue weighted by Gasteiger charge is 2.48. The Morgan fingerprint density at radius 2 is 2.05 bits per heavy atom. The second kappa shape index (κ2) is 6.20. The third-order valence-electron chi connectivity index (χ3n) is 3.68. The standard InChI is InChI=1S/C15H17F2NO3/c1-8(18-14(19)10-7-11(10)15(20)21)2-3-9-4-5-12(16)13(17)6-9/h4-6,8,10-11H,2-3,7H2,1H3,(H,18,19)(H,20,21)/t8-,10+,11-/m1/s1. The van der Waals surface area contributed by atoms with Crippen LogP contribution in [0.1, 0.15) is 25.3 Å². The van der Waals surface area contributed by atoms with Gasteiger partial charge in [0, 0.05) is 6.04 Å². The van der Waals surface area contributed by atoms with Crippen LogP contribution in [0.25, 0.3) is 0 Å². The first-order valence-electron chi connectivity index (χ1n) is 6.85. The predicted molar refractivity (Wildman–Crippen MR) is 71.5 cm³/mol. The number of aliphatic carboxylic acids is 1. The summed E-state index contributed by atoms with van der Waals surface area (Å²) in [6.07, 6.45) is 1.46. The molecular formula is C15H17F2NO3. The topological polar surface area (TPSA) is 66.4 Å². The largest absolute Gasteiger partial charge is 0.481 e. The first-order chi connectivity index (χ1) is 9.88. The Morgan fingerprint density at radius 3 is 2.62 bits per heavy atom. The van der Waals surface area contributed by atoms with Crippen LogP contribution in [0.3, 0.4) is 0 Å². The first-order valence-corrected chi connectivity index (χ1v) is 6.85. The van der Waals surface area contributed by atoms with Crippen molar-refractivity contribution in [3.8, 4) is 0 Å². The molecule has 0 heterocycles. The summed E-state index contributed by atoms with van der Waals surface area (Å²) in [7, 11) is 0. The Bertz CT molecular complexity index is 562. The average Bonchev–Trinajstić information content (AvgIpc) is 3.20. The van der Waals surface area contributed by atoms with Crippen molar-refractivity contribution in [1.82, 2.24) is 5.32 Å². The third-order valence-corrected chi connectivity index (χ3v) is 3.68. The highest BCUT2D eigenvalue weighted by atomic mass is 19.2. The molecule has 1 aliphatic carbocycles. The summed E-state index contributed by atoms with van der Waals surface area (Å²) in [5, 5.41) is 11.5. The maximum absolute atomic E-state index is 13.0. The van der Waals surface area contributed by atoms with E-state index in [1.807, 2.05) is 0 Å². The number of rotatable bonds is 6. The molecule has 0 aromatic heterocycles. The smallest absolute Gasteiger partial charge is 0.307 e. The van der Waals surface area contributed by atoms with Gasteiger partial charge in [-0.1, -0.05) is 6.07 Å². The fourth-order valence-electron chi connectivity index (χ4n) is 2.26. The second-order valence-electron chi connectivity index (χ2n) is 5.48. The zero-order chi connectivity index (χ0) is 15.6. The highest BCUT2D eigenvalue weighted by molar-refractivity contribution is 5.89. The summed E-state index contributed by atoms with van der Waals surface area (Å²) >= 11 is 0. The lowest BCUT2D eigenvalue weighted by Gasteiger charge is -2.13. The zero-order valence-electron chi connectivity index (χ0n) is 11.6. The Morgan fingerprint density at radius 1 is 1.33 bits per heavy atom. The van der Waals surface area contributed by atoms with Crippen molar-refractivity contribution in [2.75, 3.05) is 0 Å². The molecule has 1 amide bonds. The molecule has 1 aromatic carbocycles. The minimum Gasteiger partial charge on any atom is -0.481 e. The summed E-state index contributed by atoms with van der Waals surface area (Å²) < 4.78 is 25.8. The van der Waals surface area contributed by atoms with Gasteiger partial charge < -0.3 is 10.4 Å². The number of aryl methyl sites for hydroxylation is 1. The molecule has 0 radical (unpaired) electrons. The summed E-state index contributed by atoms with van der Waals surface area (Å²) in [5.74, 6) is -3.96. The molecule has 6 heteroatoms. The summed E-state index contributed by atoms with van der Waals surface area (Å²) in [4.78, 5) is 22.4. The molecule has 114 valence electrons. The van der Waals surface area contributed by atoms with Gasteiger partial charge in [-0.15, -0.1) is 0 Å². The van der Waals surface area contributed by atoms with Crippen LogP contribution in [0.4, 0.5) is 8.78 Å². The zero-order valence-corrected chi connectivity index (χ0v) is 11.6. The minimum absolute atomic E-state index is 0.152. The van der Waals surface area contributed by atoms with Gasteiger partial charge in [-0.3, -0.25) is 9.59 Å². The van der Waals surface area contributed by atoms with E-state index in [2.05, 4.69) is 5.32 Å². The van der Waals surface area contributed by atoms with Gasteiger partial charge in [0.05, 0.1) is 11.8 Å². The van der Waals surface area contributed by atoms with Crippen LogP contribution >= 0.6 is 0 Å². The molecule has 0 saturated heterocycles. The lowest BCUT2D eigenvalue weighted by Crippen LogP contribution is -2.34. The average molecular weight is 297 g/mol. The van der Waals surface area contributed by atoms with E-state index in [0.717, 1.165) is 12.1 Å². The summed E-state index contributed by atoms with van der Waals surface area (Å²) in [6, 6.07) is 3.58. The number of nitrogens with one attached hydrogen (secondary N) is 1. The van der Waals surface area contributed by atoms with Crippen LogP contribution in [0.15, 0.2) is 18.2 Å². The predicted octanol–water partition coefficient (Wildman–Crippen LogP) is 2.12. The molecule has 1 aliphatic rings. The molecule has 3 atom stereocenters. The maximum Gasteiger partial charge on any atom is 0.307 e. The van der Waals surface area contributed by atoms with E-state index in [-0.39, 0.29) is 11.9 Å². The van der Waals surface area contributed by atoms with Crippen LogP contribution in [-0.2, 0) is 16.0 Å². The molecule has 1 fully saturated rings. The van der Waals surface area contributed by atoms with Crippen LogP contribution in [0.2, 0.25) is 0 Å². The molecule has 0 spiro atoms. The molecule has 1 saturated carbocycles. The van der Waals surface area contributed by atoms with E-state index in [1.54, 1.807) is 6.92 Å². The van der Waals surface area contributed by atoms with Crippen molar-refractivity contribution < 1.29 is 23.5 Å². The van der Waals surface area contributed by atoms with E-state index < -0.39 is 29.4 Å². The Balaban J connectivity index is 1.77. The Labute approximate surface area is 121 Å². The van der Waals surface area contributed by atoms with Crippen LogP contribution in [0, 0.1) is 23.5 Å². The second-order valence-corrected chi connectivity index (χ2v) is 5.48. The molecule has 0 bridgehead atoms. The molecule has 2 N–H and O–H groups in total. The SMILES string of the molecule is C[C@H](CCc1ccc(F)c(F)c1)NC(=O)[C@H]1C[C@H]1C(=O)O. The van der Waals surface area contributed by atoms with E-state index in [1.165, 1.54) is 6.07 Å². The normalized spacial score (nSPS) is 21.7. The van der Waals surface area contributed by atoms with Crippen LogP contribution < -0.4 is 5.32 Å². The van der Waals surface area contributed by atoms with Crippen molar-refractivity contribution in [3.05, 3.63) is 35.4 Å². The van der Waals surface area contributed by atoms with Gasteiger partial charge in [-0.2, -0.15) is 0 Å². The molecule has 4 nitrogen and oxygen atoms in total. The van der Waals surface area contributed by atoms with E-state index in [4.69, 9.17) is 5.11 Å². The molecule has 0 aliphatic heterocycles. The number of halogens is 2. The van der Waals surface area contributed by atoms with Gasteiger partial charge in [-0.25, -0.2) is 8.78 Å². The Hall–Kier alpha value is -1.98. The quantitative estimate of drug-likeness (QED) is 0.845. The number of carboxylic acids is 1. The third kappa shape index (κ3) is 4.00. The summed E-state index contributed by atoms with van der Waals surface area (Å²) in [6.45, 7) is 1.80. The van der Waals surface area contributed by atoms with Crippen LogP contribution in [-0.4, -0.2) is 23.0 Å². The number of hydrogen-bond acceptors (Lipinski definition) is 2. The molecule has 0 unspecified atom stereocenters. The minimum atomic E-state index is -0.940. The van der Waals surface area contributed by atoms with Gasteiger partial charge in [0.1, 0.15) is 0 Å². The molecule has 2 rings (SSSR count). The monoisotopic (exact) mass is 297 g/mol. The lowest BCUT2D eigenvalue weighted by molar-refractivity contribution is -0.140. The van der Waals surface area contributed by atoms with Crippen LogP contribution in [0.5, 0.6) is 0 Å². The van der Waals surface area contributed by atoms with Gasteiger partial charge in [0.2, 0.25) is 5.91 Å². The van der Waals surface area contributed by atoms with Gasteiger partial charge in [0.25, 0.3) is 0 Å². The maximum atomic E-state index is 13.0. The van der Waals surface area contributed by atoms with Crippen molar-refractivity contribution in [2.24, 2.45) is 11.8 Å². The number of hydrogen-bond donors (Lipinski definition) is 2. The fraction of sp³-hybridized carbons (Fsp3) is 0.467. The number of carboxylic acid groups (broad SMARTS) is 1. The number of benzene rings is 1. The van der Waals surface area contributed by atoms with Gasteiger partial charge in [-0.05, 0) is 43.9 Å². The molecule has 21 heavy (non-hydrogen) atoms. The van der Waals surface area contributed by atoms with E-state index in [0.29, 0.717) is 24.8 Å². The van der Waals surface area contributed by atoms with Gasteiger partial charge in [0.15, 0.2) is 11.6 Å². The first kappa shape index (κ1) is 15.4. The molecule has 1 aromatic rings. The fourth-order valence-corrected chi connectivity index (χ4v) is 2.26. The highest BCUT2D eigenvalue weighted by Crippen LogP contribution is 2.38. The van der Waals surface area contributed by atoms with Crippen molar-refractivity contribution in [3.63, 3.8) is 0 Å².